The summed E-state index contributed by atoms with van der Waals surface area (Å²) in [5, 5.41) is 0. The van der Waals surface area contributed by atoms with Gasteiger partial charge in [-0.05, 0) is 43.7 Å². The second-order valence-electron chi connectivity index (χ2n) is 5.21. The first-order valence-electron chi connectivity index (χ1n) is 7.18. The highest BCUT2D eigenvalue weighted by atomic mass is 16.5. The van der Waals surface area contributed by atoms with Crippen LogP contribution < -0.4 is 4.74 Å². The minimum absolute atomic E-state index is 0.0750. The molecule has 4 heteroatoms. The molecule has 4 nitrogen and oxygen atoms in total. The van der Waals surface area contributed by atoms with Crippen molar-refractivity contribution in [2.45, 2.75) is 26.4 Å². The number of nitrogens with zero attached hydrogens (tertiary/aromatic N) is 1. The quantitative estimate of drug-likeness (QED) is 0.774. The number of methoxy groups -OCH3 is 1. The zero-order chi connectivity index (χ0) is 14.5. The molecule has 0 aliphatic carbocycles. The predicted octanol–water partition coefficient (Wildman–Crippen LogP) is 2.30. The van der Waals surface area contributed by atoms with Crippen molar-refractivity contribution in [3.05, 3.63) is 29.3 Å². The van der Waals surface area contributed by atoms with E-state index in [9.17, 15) is 4.79 Å². The summed E-state index contributed by atoms with van der Waals surface area (Å²) in [4.78, 5) is 14.9. The first kappa shape index (κ1) is 15.0. The second kappa shape index (κ2) is 6.86. The molecule has 1 atom stereocenters. The maximum atomic E-state index is 12.6. The Morgan fingerprint density at radius 3 is 2.95 bits per heavy atom. The average molecular weight is 277 g/mol. The predicted molar refractivity (Wildman–Crippen MR) is 78.5 cm³/mol. The van der Waals surface area contributed by atoms with E-state index in [0.29, 0.717) is 13.2 Å². The van der Waals surface area contributed by atoms with Crippen LogP contribution >= 0.6 is 0 Å². The fourth-order valence-corrected chi connectivity index (χ4v) is 2.59. The highest BCUT2D eigenvalue weighted by Crippen LogP contribution is 2.20. The Balaban J connectivity index is 2.10. The first-order chi connectivity index (χ1) is 9.65. The molecule has 1 aromatic rings. The van der Waals surface area contributed by atoms with Gasteiger partial charge in [-0.3, -0.25) is 9.69 Å². The molecule has 1 aliphatic rings. The number of carbonyl (C=O) groups is 1. The van der Waals surface area contributed by atoms with E-state index in [0.717, 1.165) is 36.4 Å². The Morgan fingerprint density at radius 1 is 1.50 bits per heavy atom. The number of morpholine rings is 1. The molecular formula is C16H23NO3. The Kier molecular flexibility index (Phi) is 5.15. The van der Waals surface area contributed by atoms with Gasteiger partial charge in [0.1, 0.15) is 11.9 Å². The van der Waals surface area contributed by atoms with Crippen LogP contribution in [0.5, 0.6) is 5.75 Å². The number of carbonyl (C=O) groups excluding carboxylic acids is 1. The molecule has 1 aromatic carbocycles. The van der Waals surface area contributed by atoms with Crippen LogP contribution in [0.1, 0.15) is 29.3 Å². The number of aryl methyl sites for hydroxylation is 1. The van der Waals surface area contributed by atoms with Gasteiger partial charge in [0.25, 0.3) is 0 Å². The molecule has 20 heavy (non-hydrogen) atoms. The van der Waals surface area contributed by atoms with Gasteiger partial charge in [-0.15, -0.1) is 0 Å². The summed E-state index contributed by atoms with van der Waals surface area (Å²) in [5.41, 5.74) is 1.67. The molecule has 2 rings (SSSR count). The second-order valence-corrected chi connectivity index (χ2v) is 5.21. The molecule has 1 fully saturated rings. The Bertz CT molecular complexity index is 471. The van der Waals surface area contributed by atoms with Gasteiger partial charge in [0.15, 0.2) is 5.78 Å². The molecule has 1 heterocycles. The Morgan fingerprint density at radius 2 is 2.30 bits per heavy atom. The molecule has 1 aliphatic heterocycles. The van der Waals surface area contributed by atoms with Crippen LogP contribution in [0.25, 0.3) is 0 Å². The zero-order valence-electron chi connectivity index (χ0n) is 12.5. The number of Topliss-reactive ketones (excluding diaryl/α,β-unsaturated/α-hetero) is 1. The molecule has 0 spiro atoms. The fourth-order valence-electron chi connectivity index (χ4n) is 2.59. The van der Waals surface area contributed by atoms with E-state index >= 15 is 0 Å². The van der Waals surface area contributed by atoms with E-state index in [1.54, 1.807) is 7.11 Å². The lowest BCUT2D eigenvalue weighted by atomic mass is 9.99. The minimum atomic E-state index is -0.345. The van der Waals surface area contributed by atoms with Crippen molar-refractivity contribution in [3.8, 4) is 5.75 Å². The lowest BCUT2D eigenvalue weighted by Crippen LogP contribution is -2.46. The van der Waals surface area contributed by atoms with Crippen LogP contribution in [0.3, 0.4) is 0 Å². The molecule has 110 valence electrons. The molecule has 0 aromatic heterocycles. The highest BCUT2D eigenvalue weighted by molar-refractivity contribution is 6.01. The molecule has 0 saturated carbocycles. The van der Waals surface area contributed by atoms with E-state index in [4.69, 9.17) is 9.47 Å². The van der Waals surface area contributed by atoms with Crippen molar-refractivity contribution in [2.75, 3.05) is 33.4 Å². The van der Waals surface area contributed by atoms with Gasteiger partial charge in [0, 0.05) is 18.7 Å². The van der Waals surface area contributed by atoms with Crippen LogP contribution in [0.2, 0.25) is 0 Å². The standard InChI is InChI=1S/C16H23NO3/c1-4-7-17-8-9-20-15(11-17)16(18)14-6-5-13(19-3)10-12(14)2/h5-6,10,15H,4,7-9,11H2,1-3H3. The summed E-state index contributed by atoms with van der Waals surface area (Å²) in [6.07, 6.45) is 0.755. The smallest absolute Gasteiger partial charge is 0.193 e. The van der Waals surface area contributed by atoms with Gasteiger partial charge >= 0.3 is 0 Å². The third-order valence-electron chi connectivity index (χ3n) is 3.68. The average Bonchev–Trinajstić information content (AvgIpc) is 2.47. The third kappa shape index (κ3) is 3.38. The molecular weight excluding hydrogens is 254 g/mol. The van der Waals surface area contributed by atoms with E-state index in [1.807, 2.05) is 25.1 Å². The van der Waals surface area contributed by atoms with Gasteiger partial charge < -0.3 is 9.47 Å². The van der Waals surface area contributed by atoms with Gasteiger partial charge in [-0.1, -0.05) is 6.92 Å². The molecule has 0 N–H and O–H groups in total. The fraction of sp³-hybridized carbons (Fsp3) is 0.562. The first-order valence-corrected chi connectivity index (χ1v) is 7.18. The number of rotatable bonds is 5. The van der Waals surface area contributed by atoms with Gasteiger partial charge in [-0.25, -0.2) is 0 Å². The number of ether oxygens (including phenoxy) is 2. The molecule has 1 unspecified atom stereocenters. The molecule has 0 bridgehead atoms. The molecule has 1 saturated heterocycles. The van der Waals surface area contributed by atoms with Gasteiger partial charge in [-0.2, -0.15) is 0 Å². The third-order valence-corrected chi connectivity index (χ3v) is 3.68. The van der Waals surface area contributed by atoms with Crippen molar-refractivity contribution in [1.29, 1.82) is 0 Å². The Hall–Kier alpha value is -1.39. The summed E-state index contributed by atoms with van der Waals surface area (Å²) in [7, 11) is 1.63. The molecule has 0 amide bonds. The number of hydrogen-bond donors (Lipinski definition) is 0. The van der Waals surface area contributed by atoms with Crippen molar-refractivity contribution >= 4 is 5.78 Å². The van der Waals surface area contributed by atoms with E-state index in [1.165, 1.54) is 0 Å². The van der Waals surface area contributed by atoms with E-state index < -0.39 is 0 Å². The van der Waals surface area contributed by atoms with Crippen molar-refractivity contribution in [1.82, 2.24) is 4.90 Å². The summed E-state index contributed by atoms with van der Waals surface area (Å²) in [5.74, 6) is 0.849. The topological polar surface area (TPSA) is 38.8 Å². The largest absolute Gasteiger partial charge is 0.497 e. The lowest BCUT2D eigenvalue weighted by Gasteiger charge is -2.32. The zero-order valence-corrected chi connectivity index (χ0v) is 12.5. The normalized spacial score (nSPS) is 19.9. The van der Waals surface area contributed by atoms with Crippen molar-refractivity contribution < 1.29 is 14.3 Å². The number of ketones is 1. The maximum Gasteiger partial charge on any atom is 0.193 e. The lowest BCUT2D eigenvalue weighted by molar-refractivity contribution is -0.0164. The van der Waals surface area contributed by atoms with Gasteiger partial charge in [0.2, 0.25) is 0 Å². The van der Waals surface area contributed by atoms with E-state index in [2.05, 4.69) is 11.8 Å². The van der Waals surface area contributed by atoms with Crippen molar-refractivity contribution in [2.24, 2.45) is 0 Å². The van der Waals surface area contributed by atoms with Gasteiger partial charge in [0.05, 0.1) is 13.7 Å². The van der Waals surface area contributed by atoms with Crippen LogP contribution in [-0.4, -0.2) is 50.1 Å². The monoisotopic (exact) mass is 277 g/mol. The number of hydrogen-bond acceptors (Lipinski definition) is 4. The van der Waals surface area contributed by atoms with Crippen LogP contribution in [0.4, 0.5) is 0 Å². The molecule has 0 radical (unpaired) electrons. The van der Waals surface area contributed by atoms with Crippen LogP contribution in [0, 0.1) is 6.92 Å². The highest BCUT2D eigenvalue weighted by Gasteiger charge is 2.27. The summed E-state index contributed by atoms with van der Waals surface area (Å²) >= 11 is 0. The summed E-state index contributed by atoms with van der Waals surface area (Å²) in [6.45, 7) is 7.35. The Labute approximate surface area is 120 Å². The van der Waals surface area contributed by atoms with Crippen LogP contribution in [0.15, 0.2) is 18.2 Å². The van der Waals surface area contributed by atoms with Crippen molar-refractivity contribution in [3.63, 3.8) is 0 Å². The van der Waals surface area contributed by atoms with Crippen LogP contribution in [-0.2, 0) is 4.74 Å². The summed E-state index contributed by atoms with van der Waals surface area (Å²) in [6, 6.07) is 5.55. The minimum Gasteiger partial charge on any atom is -0.497 e. The summed E-state index contributed by atoms with van der Waals surface area (Å²) < 4.78 is 10.8. The SMILES string of the molecule is CCCN1CCOC(C(=O)c2ccc(OC)cc2C)C1. The number of benzene rings is 1. The maximum absolute atomic E-state index is 12.6. The van der Waals surface area contributed by atoms with E-state index in [-0.39, 0.29) is 11.9 Å².